The lowest BCUT2D eigenvalue weighted by molar-refractivity contribution is -0.158. The molecule has 18 heavy (non-hydrogen) atoms. The van der Waals surface area contributed by atoms with Gasteiger partial charge in [-0.25, -0.2) is 4.79 Å². The SMILES string of the molecule is Cc1cccc(C)c1OC1(C(=O)O)CCCCC1. The van der Waals surface area contributed by atoms with E-state index in [-0.39, 0.29) is 0 Å². The van der Waals surface area contributed by atoms with Crippen molar-refractivity contribution in [1.82, 2.24) is 0 Å². The number of hydrogen-bond donors (Lipinski definition) is 1. The standard InChI is InChI=1S/C15H20O3/c1-11-7-6-8-12(2)13(11)18-15(14(16)17)9-4-3-5-10-15/h6-8H,3-5,9-10H2,1-2H3,(H,16,17). The molecule has 1 fully saturated rings. The van der Waals surface area contributed by atoms with Crippen molar-refractivity contribution in [1.29, 1.82) is 0 Å². The van der Waals surface area contributed by atoms with Gasteiger partial charge in [-0.15, -0.1) is 0 Å². The molecule has 1 saturated carbocycles. The molecule has 1 aromatic rings. The molecule has 0 aliphatic heterocycles. The van der Waals surface area contributed by atoms with Crippen LogP contribution in [0.3, 0.4) is 0 Å². The van der Waals surface area contributed by atoms with E-state index in [1.165, 1.54) is 0 Å². The summed E-state index contributed by atoms with van der Waals surface area (Å²) < 4.78 is 5.97. The summed E-state index contributed by atoms with van der Waals surface area (Å²) in [6.07, 6.45) is 4.17. The lowest BCUT2D eigenvalue weighted by Gasteiger charge is -2.34. The van der Waals surface area contributed by atoms with Crippen LogP contribution in [0.4, 0.5) is 0 Å². The van der Waals surface area contributed by atoms with Gasteiger partial charge < -0.3 is 9.84 Å². The third-order valence-electron chi connectivity index (χ3n) is 3.76. The highest BCUT2D eigenvalue weighted by Crippen LogP contribution is 2.35. The largest absolute Gasteiger partial charge is 0.478 e. The van der Waals surface area contributed by atoms with Crippen molar-refractivity contribution in [3.8, 4) is 5.75 Å². The van der Waals surface area contributed by atoms with Gasteiger partial charge in [-0.1, -0.05) is 24.6 Å². The molecule has 0 bridgehead atoms. The van der Waals surface area contributed by atoms with Gasteiger partial charge in [-0.2, -0.15) is 0 Å². The van der Waals surface area contributed by atoms with Crippen LogP contribution in [0.5, 0.6) is 5.75 Å². The summed E-state index contributed by atoms with van der Waals surface area (Å²) in [5, 5.41) is 9.51. The van der Waals surface area contributed by atoms with Gasteiger partial charge in [-0.05, 0) is 50.7 Å². The predicted molar refractivity (Wildman–Crippen MR) is 70.0 cm³/mol. The average Bonchev–Trinajstić information content (AvgIpc) is 2.35. The van der Waals surface area contributed by atoms with Crippen LogP contribution in [-0.2, 0) is 4.79 Å². The zero-order valence-corrected chi connectivity index (χ0v) is 11.0. The predicted octanol–water partition coefficient (Wildman–Crippen LogP) is 3.47. The molecule has 3 heteroatoms. The second-order valence-electron chi connectivity index (χ2n) is 5.18. The van der Waals surface area contributed by atoms with Crippen LogP contribution in [0.1, 0.15) is 43.2 Å². The normalized spacial score (nSPS) is 18.3. The molecule has 1 N–H and O–H groups in total. The fraction of sp³-hybridized carbons (Fsp3) is 0.533. The minimum absolute atomic E-state index is 0.607. The van der Waals surface area contributed by atoms with E-state index in [1.807, 2.05) is 32.0 Å². The minimum Gasteiger partial charge on any atom is -0.478 e. The molecule has 0 spiro atoms. The Balaban J connectivity index is 2.32. The molecule has 1 aliphatic rings. The maximum Gasteiger partial charge on any atom is 0.348 e. The summed E-state index contributed by atoms with van der Waals surface area (Å²) in [5.41, 5.74) is 0.983. The number of rotatable bonds is 3. The topological polar surface area (TPSA) is 46.5 Å². The lowest BCUT2D eigenvalue weighted by Crippen LogP contribution is -2.46. The second-order valence-corrected chi connectivity index (χ2v) is 5.18. The van der Waals surface area contributed by atoms with E-state index in [2.05, 4.69) is 0 Å². The molecular weight excluding hydrogens is 228 g/mol. The minimum atomic E-state index is -1.02. The summed E-state index contributed by atoms with van der Waals surface area (Å²) in [6, 6.07) is 5.88. The molecule has 3 nitrogen and oxygen atoms in total. The molecule has 0 unspecified atom stereocenters. The number of aliphatic carboxylic acids is 1. The van der Waals surface area contributed by atoms with Crippen molar-refractivity contribution in [3.05, 3.63) is 29.3 Å². The van der Waals surface area contributed by atoms with Gasteiger partial charge in [-0.3, -0.25) is 0 Å². The van der Waals surface area contributed by atoms with Crippen LogP contribution < -0.4 is 4.74 Å². The first-order chi connectivity index (χ1) is 8.55. The van der Waals surface area contributed by atoms with Crippen LogP contribution in [0.15, 0.2) is 18.2 Å². The van der Waals surface area contributed by atoms with Crippen molar-refractivity contribution < 1.29 is 14.6 Å². The van der Waals surface area contributed by atoms with Crippen LogP contribution in [-0.4, -0.2) is 16.7 Å². The monoisotopic (exact) mass is 248 g/mol. The molecule has 0 radical (unpaired) electrons. The van der Waals surface area contributed by atoms with Crippen molar-refractivity contribution in [2.45, 2.75) is 51.6 Å². The van der Waals surface area contributed by atoms with Crippen molar-refractivity contribution in [3.63, 3.8) is 0 Å². The van der Waals surface area contributed by atoms with E-state index in [4.69, 9.17) is 4.74 Å². The quantitative estimate of drug-likeness (QED) is 0.891. The van der Waals surface area contributed by atoms with Crippen LogP contribution in [0, 0.1) is 13.8 Å². The number of carboxylic acids is 1. The summed E-state index contributed by atoms with van der Waals surface area (Å²) in [6.45, 7) is 3.92. The van der Waals surface area contributed by atoms with Gasteiger partial charge in [0.25, 0.3) is 0 Å². The molecule has 0 saturated heterocycles. The van der Waals surface area contributed by atoms with E-state index in [1.54, 1.807) is 0 Å². The number of para-hydroxylation sites is 1. The molecule has 0 atom stereocenters. The summed E-state index contributed by atoms with van der Waals surface area (Å²) in [4.78, 5) is 11.6. The van der Waals surface area contributed by atoms with Gasteiger partial charge >= 0.3 is 5.97 Å². The molecule has 0 aromatic heterocycles. The Hall–Kier alpha value is -1.51. The number of ether oxygens (including phenoxy) is 1. The highest BCUT2D eigenvalue weighted by atomic mass is 16.5. The number of carbonyl (C=O) groups is 1. The smallest absolute Gasteiger partial charge is 0.348 e. The van der Waals surface area contributed by atoms with E-state index in [0.29, 0.717) is 12.8 Å². The summed E-state index contributed by atoms with van der Waals surface area (Å²) in [5.74, 6) is -0.0911. The summed E-state index contributed by atoms with van der Waals surface area (Å²) >= 11 is 0. The molecule has 0 heterocycles. The van der Waals surface area contributed by atoms with Gasteiger partial charge in [0.15, 0.2) is 0 Å². The average molecular weight is 248 g/mol. The molecule has 1 aromatic carbocycles. The first-order valence-electron chi connectivity index (χ1n) is 6.54. The second kappa shape index (κ2) is 5.01. The Morgan fingerprint density at radius 1 is 1.17 bits per heavy atom. The van der Waals surface area contributed by atoms with E-state index < -0.39 is 11.6 Å². The van der Waals surface area contributed by atoms with E-state index in [0.717, 1.165) is 36.1 Å². The first-order valence-corrected chi connectivity index (χ1v) is 6.54. The third kappa shape index (κ3) is 2.35. The van der Waals surface area contributed by atoms with Crippen molar-refractivity contribution in [2.75, 3.05) is 0 Å². The molecule has 98 valence electrons. The lowest BCUT2D eigenvalue weighted by atomic mass is 9.84. The molecule has 1 aliphatic carbocycles. The van der Waals surface area contributed by atoms with E-state index in [9.17, 15) is 9.90 Å². The Morgan fingerprint density at radius 2 is 1.72 bits per heavy atom. The van der Waals surface area contributed by atoms with Crippen LogP contribution >= 0.6 is 0 Å². The van der Waals surface area contributed by atoms with Gasteiger partial charge in [0.05, 0.1) is 0 Å². The molecular formula is C15H20O3. The highest BCUT2D eigenvalue weighted by Gasteiger charge is 2.42. The zero-order chi connectivity index (χ0) is 13.2. The Morgan fingerprint density at radius 3 is 2.22 bits per heavy atom. The number of benzene rings is 1. The summed E-state index contributed by atoms with van der Waals surface area (Å²) in [7, 11) is 0. The number of hydrogen-bond acceptors (Lipinski definition) is 2. The maximum atomic E-state index is 11.6. The highest BCUT2D eigenvalue weighted by molar-refractivity contribution is 5.78. The van der Waals surface area contributed by atoms with Crippen molar-refractivity contribution >= 4 is 5.97 Å². The van der Waals surface area contributed by atoms with Gasteiger partial charge in [0, 0.05) is 0 Å². The van der Waals surface area contributed by atoms with Gasteiger partial charge in [0.1, 0.15) is 5.75 Å². The Labute approximate surface area is 108 Å². The van der Waals surface area contributed by atoms with Gasteiger partial charge in [0.2, 0.25) is 5.60 Å². The first kappa shape index (κ1) is 12.9. The van der Waals surface area contributed by atoms with Crippen molar-refractivity contribution in [2.24, 2.45) is 0 Å². The fourth-order valence-electron chi connectivity index (χ4n) is 2.64. The molecule has 0 amide bonds. The number of carboxylic acid groups (broad SMARTS) is 1. The Kier molecular flexibility index (Phi) is 3.60. The maximum absolute atomic E-state index is 11.6. The van der Waals surface area contributed by atoms with Crippen LogP contribution in [0.25, 0.3) is 0 Å². The van der Waals surface area contributed by atoms with E-state index >= 15 is 0 Å². The third-order valence-corrected chi connectivity index (χ3v) is 3.76. The fourth-order valence-corrected chi connectivity index (χ4v) is 2.64. The molecule has 2 rings (SSSR count). The van der Waals surface area contributed by atoms with Crippen LogP contribution in [0.2, 0.25) is 0 Å². The Bertz CT molecular complexity index is 425. The zero-order valence-electron chi connectivity index (χ0n) is 11.0. The number of aryl methyl sites for hydroxylation is 2.